The molecule has 1 aromatic rings. The van der Waals surface area contributed by atoms with Crippen molar-refractivity contribution in [3.05, 3.63) is 18.2 Å². The Morgan fingerprint density at radius 2 is 1.97 bits per heavy atom. The number of anilines is 1. The van der Waals surface area contributed by atoms with Gasteiger partial charge in [-0.2, -0.15) is 0 Å². The summed E-state index contributed by atoms with van der Waals surface area (Å²) in [5.74, 6) is 2.51. The molecule has 1 aliphatic rings. The van der Waals surface area contributed by atoms with Gasteiger partial charge in [-0.05, 0) is 31.4 Å². The lowest BCUT2D eigenvalue weighted by Gasteiger charge is -2.22. The van der Waals surface area contributed by atoms with Gasteiger partial charge in [-0.3, -0.25) is 4.99 Å². The number of rotatable bonds is 7. The van der Waals surface area contributed by atoms with Gasteiger partial charge in [-0.15, -0.1) is 24.0 Å². The summed E-state index contributed by atoms with van der Waals surface area (Å²) in [6.45, 7) is 8.20. The maximum absolute atomic E-state index is 11.8. The van der Waals surface area contributed by atoms with Gasteiger partial charge in [-0.1, -0.05) is 13.8 Å². The molecular formula is C20H33IN4O4. The van der Waals surface area contributed by atoms with E-state index in [0.717, 1.165) is 30.0 Å². The molecule has 1 aromatic carbocycles. The number of carbonyl (C=O) groups excluding carboxylic acids is 1. The molecule has 1 heterocycles. The second-order valence-corrected chi connectivity index (χ2v) is 6.98. The van der Waals surface area contributed by atoms with Crippen LogP contribution in [0.5, 0.6) is 11.5 Å². The largest absolute Gasteiger partial charge is 0.490 e. The van der Waals surface area contributed by atoms with Crippen molar-refractivity contribution < 1.29 is 19.0 Å². The van der Waals surface area contributed by atoms with Gasteiger partial charge in [-0.25, -0.2) is 4.79 Å². The Hall–Kier alpha value is -1.91. The number of hydrogen-bond acceptors (Lipinski definition) is 5. The number of benzene rings is 1. The van der Waals surface area contributed by atoms with Crippen molar-refractivity contribution in [3.8, 4) is 11.5 Å². The molecule has 1 aliphatic heterocycles. The molecule has 1 atom stereocenters. The maximum atomic E-state index is 11.8. The molecule has 0 spiro atoms. The molecule has 164 valence electrons. The van der Waals surface area contributed by atoms with Gasteiger partial charge in [0.05, 0.1) is 19.8 Å². The van der Waals surface area contributed by atoms with Crippen LogP contribution in [0.3, 0.4) is 0 Å². The van der Waals surface area contributed by atoms with Gasteiger partial charge in [0.25, 0.3) is 0 Å². The normalized spacial score (nSPS) is 14.3. The van der Waals surface area contributed by atoms with Crippen molar-refractivity contribution >= 4 is 41.7 Å². The van der Waals surface area contributed by atoms with Gasteiger partial charge >= 0.3 is 6.09 Å². The minimum absolute atomic E-state index is 0. The predicted octanol–water partition coefficient (Wildman–Crippen LogP) is 3.61. The van der Waals surface area contributed by atoms with E-state index >= 15 is 0 Å². The molecule has 0 aromatic heterocycles. The summed E-state index contributed by atoms with van der Waals surface area (Å²) < 4.78 is 16.4. The molecule has 2 rings (SSSR count). The van der Waals surface area contributed by atoms with E-state index in [-0.39, 0.29) is 30.0 Å². The SMILES string of the molecule is CCOC(=O)NC(CNC(=NC)Nc1ccc2c(c1)OCCCO2)CC(C)C.I. The fourth-order valence-corrected chi connectivity index (χ4v) is 2.88. The highest BCUT2D eigenvalue weighted by atomic mass is 127. The summed E-state index contributed by atoms with van der Waals surface area (Å²) in [7, 11) is 1.70. The first-order chi connectivity index (χ1) is 13.5. The molecule has 0 aliphatic carbocycles. The molecule has 0 radical (unpaired) electrons. The number of aliphatic imine (C=N–C) groups is 1. The molecule has 0 bridgehead atoms. The lowest BCUT2D eigenvalue weighted by atomic mass is 10.0. The summed E-state index contributed by atoms with van der Waals surface area (Å²) in [5.41, 5.74) is 0.844. The monoisotopic (exact) mass is 520 g/mol. The molecule has 0 saturated heterocycles. The average molecular weight is 520 g/mol. The Labute approximate surface area is 190 Å². The van der Waals surface area contributed by atoms with Crippen LogP contribution in [-0.4, -0.2) is 51.5 Å². The van der Waals surface area contributed by atoms with Gasteiger partial charge in [0.1, 0.15) is 0 Å². The van der Waals surface area contributed by atoms with Crippen molar-refractivity contribution in [2.75, 3.05) is 38.7 Å². The van der Waals surface area contributed by atoms with Crippen LogP contribution in [0.4, 0.5) is 10.5 Å². The minimum Gasteiger partial charge on any atom is -0.490 e. The van der Waals surface area contributed by atoms with Crippen LogP contribution < -0.4 is 25.4 Å². The Morgan fingerprint density at radius 3 is 2.62 bits per heavy atom. The predicted molar refractivity (Wildman–Crippen MR) is 126 cm³/mol. The molecule has 0 saturated carbocycles. The number of fused-ring (bicyclic) bond motifs is 1. The highest BCUT2D eigenvalue weighted by Crippen LogP contribution is 2.32. The number of alkyl carbamates (subject to hydrolysis) is 1. The van der Waals surface area contributed by atoms with Crippen LogP contribution >= 0.6 is 24.0 Å². The first-order valence-electron chi connectivity index (χ1n) is 9.82. The van der Waals surface area contributed by atoms with E-state index in [9.17, 15) is 4.79 Å². The van der Waals surface area contributed by atoms with E-state index in [1.807, 2.05) is 18.2 Å². The van der Waals surface area contributed by atoms with Gasteiger partial charge < -0.3 is 30.2 Å². The zero-order valence-electron chi connectivity index (χ0n) is 17.6. The summed E-state index contributed by atoms with van der Waals surface area (Å²) >= 11 is 0. The van der Waals surface area contributed by atoms with Crippen molar-refractivity contribution in [2.24, 2.45) is 10.9 Å². The van der Waals surface area contributed by atoms with Crippen LogP contribution in [0, 0.1) is 5.92 Å². The molecular weight excluding hydrogens is 487 g/mol. The van der Waals surface area contributed by atoms with E-state index < -0.39 is 6.09 Å². The highest BCUT2D eigenvalue weighted by Gasteiger charge is 2.16. The third-order valence-corrected chi connectivity index (χ3v) is 4.10. The van der Waals surface area contributed by atoms with Crippen LogP contribution in [-0.2, 0) is 4.74 Å². The summed E-state index contributed by atoms with van der Waals surface area (Å²) in [4.78, 5) is 16.0. The third-order valence-electron chi connectivity index (χ3n) is 4.10. The molecule has 9 heteroatoms. The van der Waals surface area contributed by atoms with Crippen LogP contribution in [0.2, 0.25) is 0 Å². The summed E-state index contributed by atoms with van der Waals surface area (Å²) in [5, 5.41) is 9.40. The number of hydrogen-bond donors (Lipinski definition) is 3. The number of nitrogens with one attached hydrogen (secondary N) is 3. The van der Waals surface area contributed by atoms with Crippen molar-refractivity contribution in [2.45, 2.75) is 39.7 Å². The number of guanidine groups is 1. The zero-order valence-corrected chi connectivity index (χ0v) is 19.9. The smallest absolute Gasteiger partial charge is 0.407 e. The highest BCUT2D eigenvalue weighted by molar-refractivity contribution is 14.0. The number of nitrogens with zero attached hydrogens (tertiary/aromatic N) is 1. The van der Waals surface area contributed by atoms with Crippen molar-refractivity contribution in [3.63, 3.8) is 0 Å². The molecule has 1 unspecified atom stereocenters. The fraction of sp³-hybridized carbons (Fsp3) is 0.600. The zero-order chi connectivity index (χ0) is 20.4. The second-order valence-electron chi connectivity index (χ2n) is 6.98. The fourth-order valence-electron chi connectivity index (χ4n) is 2.88. The van der Waals surface area contributed by atoms with E-state index in [2.05, 4.69) is 34.8 Å². The number of halogens is 1. The van der Waals surface area contributed by atoms with Crippen LogP contribution in [0.15, 0.2) is 23.2 Å². The quantitative estimate of drug-likeness (QED) is 0.289. The van der Waals surface area contributed by atoms with Crippen molar-refractivity contribution in [1.82, 2.24) is 10.6 Å². The van der Waals surface area contributed by atoms with Crippen LogP contribution in [0.1, 0.15) is 33.6 Å². The molecule has 29 heavy (non-hydrogen) atoms. The Kier molecular flexibility index (Phi) is 11.6. The topological polar surface area (TPSA) is 93.2 Å². The maximum Gasteiger partial charge on any atom is 0.407 e. The molecule has 0 fully saturated rings. The Bertz CT molecular complexity index is 670. The Morgan fingerprint density at radius 1 is 1.24 bits per heavy atom. The van der Waals surface area contributed by atoms with Crippen molar-refractivity contribution in [1.29, 1.82) is 0 Å². The van der Waals surface area contributed by atoms with Gasteiger partial charge in [0.15, 0.2) is 17.5 Å². The summed E-state index contributed by atoms with van der Waals surface area (Å²) in [6.07, 6.45) is 1.29. The lowest BCUT2D eigenvalue weighted by Crippen LogP contribution is -2.46. The number of ether oxygens (including phenoxy) is 3. The van der Waals surface area contributed by atoms with E-state index in [4.69, 9.17) is 14.2 Å². The number of carbonyl (C=O) groups is 1. The first kappa shape index (κ1) is 25.1. The lowest BCUT2D eigenvalue weighted by molar-refractivity contribution is 0.146. The van der Waals surface area contributed by atoms with Gasteiger partial charge in [0.2, 0.25) is 0 Å². The Balaban J connectivity index is 0.00000420. The standard InChI is InChI=1S/C20H32N4O4.HI/c1-5-26-20(25)24-16(11-14(2)3)13-22-19(21-4)23-15-7-8-17-18(12-15)28-10-6-9-27-17;/h7-8,12,14,16H,5-6,9-11,13H2,1-4H3,(H,24,25)(H2,21,22,23);1H. The molecule has 8 nitrogen and oxygen atoms in total. The second kappa shape index (κ2) is 13.3. The summed E-state index contributed by atoms with van der Waals surface area (Å²) in [6, 6.07) is 5.64. The van der Waals surface area contributed by atoms with Crippen LogP contribution in [0.25, 0.3) is 0 Å². The minimum atomic E-state index is -0.402. The van der Waals surface area contributed by atoms with E-state index in [1.165, 1.54) is 0 Å². The van der Waals surface area contributed by atoms with Gasteiger partial charge in [0, 0.05) is 37.8 Å². The molecule has 1 amide bonds. The molecule has 3 N–H and O–H groups in total. The van der Waals surface area contributed by atoms with E-state index in [0.29, 0.717) is 38.2 Å². The average Bonchev–Trinajstić information content (AvgIpc) is 2.89. The van der Waals surface area contributed by atoms with E-state index in [1.54, 1.807) is 14.0 Å². The first-order valence-corrected chi connectivity index (χ1v) is 9.82. The number of amides is 1. The third kappa shape index (κ3) is 8.97.